The number of likely N-dealkylation sites (tertiary alicyclic amines) is 1. The summed E-state index contributed by atoms with van der Waals surface area (Å²) < 4.78 is 0. The number of nitrogens with zero attached hydrogens (tertiary/aromatic N) is 1. The van der Waals surface area contributed by atoms with Crippen molar-refractivity contribution in [3.8, 4) is 0 Å². The predicted molar refractivity (Wildman–Crippen MR) is 82.7 cm³/mol. The maximum atomic E-state index is 10.5. The van der Waals surface area contributed by atoms with Gasteiger partial charge in [-0.3, -0.25) is 4.90 Å². The second-order valence-corrected chi connectivity index (χ2v) is 6.68. The van der Waals surface area contributed by atoms with Crippen LogP contribution in [0.25, 0.3) is 0 Å². The van der Waals surface area contributed by atoms with E-state index in [1.54, 1.807) is 0 Å². The van der Waals surface area contributed by atoms with E-state index in [4.69, 9.17) is 0 Å². The average Bonchev–Trinajstić information content (AvgIpc) is 2.48. The van der Waals surface area contributed by atoms with E-state index in [-0.39, 0.29) is 6.10 Å². The number of fused-ring (bicyclic) bond motifs is 1. The van der Waals surface area contributed by atoms with Crippen LogP contribution in [0.1, 0.15) is 55.8 Å². The summed E-state index contributed by atoms with van der Waals surface area (Å²) in [5.41, 5.74) is 2.32. The second kappa shape index (κ2) is 6.28. The molecule has 1 aromatic rings. The molecule has 1 aromatic carbocycles. The first-order valence-electron chi connectivity index (χ1n) is 8.23. The van der Waals surface area contributed by atoms with Gasteiger partial charge in [0.25, 0.3) is 0 Å². The van der Waals surface area contributed by atoms with Crippen molar-refractivity contribution in [1.29, 1.82) is 0 Å². The molecule has 2 nitrogen and oxygen atoms in total. The fraction of sp³-hybridized carbons (Fsp3) is 0.667. The van der Waals surface area contributed by atoms with Crippen molar-refractivity contribution >= 4 is 0 Å². The largest absolute Gasteiger partial charge is 0.387 e. The molecule has 2 aliphatic rings. The number of aliphatic hydroxyl groups is 1. The summed E-state index contributed by atoms with van der Waals surface area (Å²) in [5, 5.41) is 10.5. The molecule has 20 heavy (non-hydrogen) atoms. The highest BCUT2D eigenvalue weighted by molar-refractivity contribution is 5.23. The van der Waals surface area contributed by atoms with E-state index in [9.17, 15) is 5.11 Å². The summed E-state index contributed by atoms with van der Waals surface area (Å²) in [6.07, 6.45) is 7.90. The number of aliphatic hydroxyl groups excluding tert-OH is 1. The van der Waals surface area contributed by atoms with Crippen molar-refractivity contribution in [3.05, 3.63) is 35.4 Å². The maximum Gasteiger partial charge on any atom is 0.0917 e. The zero-order valence-corrected chi connectivity index (χ0v) is 12.6. The first-order chi connectivity index (χ1) is 9.74. The third-order valence-corrected chi connectivity index (χ3v) is 5.23. The predicted octanol–water partition coefficient (Wildman–Crippen LogP) is 3.68. The van der Waals surface area contributed by atoms with Crippen LogP contribution in [-0.2, 0) is 0 Å². The Hall–Kier alpha value is -0.860. The lowest BCUT2D eigenvalue weighted by Crippen LogP contribution is -2.48. The van der Waals surface area contributed by atoms with Gasteiger partial charge in [-0.2, -0.15) is 0 Å². The van der Waals surface area contributed by atoms with Crippen LogP contribution in [0.3, 0.4) is 0 Å². The maximum absolute atomic E-state index is 10.5. The molecule has 1 saturated carbocycles. The fourth-order valence-electron chi connectivity index (χ4n) is 4.07. The van der Waals surface area contributed by atoms with Crippen LogP contribution >= 0.6 is 0 Å². The Kier molecular flexibility index (Phi) is 4.42. The minimum atomic E-state index is -0.337. The minimum Gasteiger partial charge on any atom is -0.387 e. The van der Waals surface area contributed by atoms with Gasteiger partial charge in [0, 0.05) is 12.6 Å². The van der Waals surface area contributed by atoms with Gasteiger partial charge in [-0.05, 0) is 50.6 Å². The molecule has 1 unspecified atom stereocenters. The molecule has 0 spiro atoms. The van der Waals surface area contributed by atoms with Crippen LogP contribution in [0, 0.1) is 12.8 Å². The highest BCUT2D eigenvalue weighted by atomic mass is 16.3. The van der Waals surface area contributed by atoms with Crippen molar-refractivity contribution in [2.45, 2.75) is 57.6 Å². The lowest BCUT2D eigenvalue weighted by molar-refractivity contribution is 0.0205. The molecule has 3 rings (SSSR count). The summed E-state index contributed by atoms with van der Waals surface area (Å²) >= 11 is 0. The summed E-state index contributed by atoms with van der Waals surface area (Å²) in [5.74, 6) is 0.891. The number of hydrogen-bond donors (Lipinski definition) is 1. The van der Waals surface area contributed by atoms with Crippen LogP contribution in [0.5, 0.6) is 0 Å². The third-order valence-electron chi connectivity index (χ3n) is 5.23. The van der Waals surface area contributed by atoms with Gasteiger partial charge in [0.05, 0.1) is 6.10 Å². The Bertz CT molecular complexity index is 426. The molecule has 0 aromatic heterocycles. The average molecular weight is 273 g/mol. The molecule has 1 heterocycles. The Balaban J connectivity index is 1.65. The summed E-state index contributed by atoms with van der Waals surface area (Å²) in [4.78, 5) is 2.57. The van der Waals surface area contributed by atoms with Gasteiger partial charge < -0.3 is 5.11 Å². The quantitative estimate of drug-likeness (QED) is 0.908. The molecule has 1 saturated heterocycles. The van der Waals surface area contributed by atoms with Crippen molar-refractivity contribution in [1.82, 2.24) is 4.90 Å². The van der Waals surface area contributed by atoms with Crippen molar-refractivity contribution < 1.29 is 5.11 Å². The van der Waals surface area contributed by atoms with Gasteiger partial charge in [0.2, 0.25) is 0 Å². The first-order valence-corrected chi connectivity index (χ1v) is 8.23. The molecule has 2 heteroatoms. The van der Waals surface area contributed by atoms with E-state index in [0.29, 0.717) is 0 Å². The lowest BCUT2D eigenvalue weighted by atomic mass is 9.78. The van der Waals surface area contributed by atoms with Gasteiger partial charge in [0.15, 0.2) is 0 Å². The summed E-state index contributed by atoms with van der Waals surface area (Å²) in [6.45, 7) is 4.07. The Morgan fingerprint density at radius 2 is 1.80 bits per heavy atom. The van der Waals surface area contributed by atoms with Crippen LogP contribution in [-0.4, -0.2) is 29.1 Å². The number of β-amino-alcohol motifs (C(OH)–C–C–N with tert-alkyl or cyclic N) is 1. The number of piperidine rings is 1. The first kappa shape index (κ1) is 14.1. The second-order valence-electron chi connectivity index (χ2n) is 6.68. The van der Waals surface area contributed by atoms with E-state index in [1.165, 1.54) is 50.6 Å². The van der Waals surface area contributed by atoms with E-state index in [2.05, 4.69) is 36.1 Å². The topological polar surface area (TPSA) is 23.5 Å². The van der Waals surface area contributed by atoms with Crippen LogP contribution in [0.2, 0.25) is 0 Å². The number of rotatable bonds is 3. The molecule has 110 valence electrons. The monoisotopic (exact) mass is 273 g/mol. The molecule has 2 fully saturated rings. The van der Waals surface area contributed by atoms with Crippen molar-refractivity contribution in [2.75, 3.05) is 13.1 Å². The third kappa shape index (κ3) is 3.07. The molecule has 3 atom stereocenters. The van der Waals surface area contributed by atoms with E-state index in [0.717, 1.165) is 24.1 Å². The Labute approximate surface area is 122 Å². The van der Waals surface area contributed by atoms with Gasteiger partial charge >= 0.3 is 0 Å². The summed E-state index contributed by atoms with van der Waals surface area (Å²) in [6, 6.07) is 9.07. The van der Waals surface area contributed by atoms with Crippen molar-refractivity contribution in [2.24, 2.45) is 5.92 Å². The molecule has 1 N–H and O–H groups in total. The molecule has 0 amide bonds. The van der Waals surface area contributed by atoms with Crippen LogP contribution in [0.4, 0.5) is 0 Å². The molecule has 1 aliphatic heterocycles. The molecule has 0 bridgehead atoms. The van der Waals surface area contributed by atoms with Crippen molar-refractivity contribution in [3.63, 3.8) is 0 Å². The fourth-order valence-corrected chi connectivity index (χ4v) is 4.07. The molecular formula is C18H27NO. The smallest absolute Gasteiger partial charge is 0.0917 e. The highest BCUT2D eigenvalue weighted by Crippen LogP contribution is 2.36. The molecular weight excluding hydrogens is 246 g/mol. The SMILES string of the molecule is Cc1ccc(C(O)CN2CCC[C@H]3CCCC[C@H]32)cc1. The summed E-state index contributed by atoms with van der Waals surface area (Å²) in [7, 11) is 0. The standard InChI is InChI=1S/C18H27NO/c1-14-8-10-16(11-9-14)18(20)13-19-12-4-6-15-5-2-3-7-17(15)19/h8-11,15,17-18,20H,2-7,12-13H2,1H3/t15-,17-,18?/m1/s1. The van der Waals surface area contributed by atoms with Gasteiger partial charge in [-0.1, -0.05) is 42.7 Å². The van der Waals surface area contributed by atoms with E-state index in [1.807, 2.05) is 0 Å². The Morgan fingerprint density at radius 1 is 1.10 bits per heavy atom. The molecule has 0 radical (unpaired) electrons. The minimum absolute atomic E-state index is 0.337. The highest BCUT2D eigenvalue weighted by Gasteiger charge is 2.33. The zero-order chi connectivity index (χ0) is 13.9. The van der Waals surface area contributed by atoms with Gasteiger partial charge in [0.1, 0.15) is 0 Å². The molecule has 1 aliphatic carbocycles. The van der Waals surface area contributed by atoms with E-state index < -0.39 is 0 Å². The van der Waals surface area contributed by atoms with Crippen LogP contribution < -0.4 is 0 Å². The van der Waals surface area contributed by atoms with E-state index >= 15 is 0 Å². The normalized spacial score (nSPS) is 28.9. The Morgan fingerprint density at radius 3 is 2.60 bits per heavy atom. The van der Waals surface area contributed by atoms with Gasteiger partial charge in [-0.15, -0.1) is 0 Å². The zero-order valence-electron chi connectivity index (χ0n) is 12.6. The lowest BCUT2D eigenvalue weighted by Gasteiger charge is -2.44. The number of benzene rings is 1. The number of aryl methyl sites for hydroxylation is 1. The van der Waals surface area contributed by atoms with Gasteiger partial charge in [-0.25, -0.2) is 0 Å². The number of hydrogen-bond acceptors (Lipinski definition) is 2. The van der Waals surface area contributed by atoms with Crippen LogP contribution in [0.15, 0.2) is 24.3 Å².